The van der Waals surface area contributed by atoms with Crippen molar-refractivity contribution in [2.75, 3.05) is 21.2 Å². The number of methoxy groups -OCH3 is 1. The molecule has 3 rings (SSSR count). The lowest BCUT2D eigenvalue weighted by Gasteiger charge is -2.40. The minimum atomic E-state index is 0.333. The predicted molar refractivity (Wildman–Crippen MR) is 83.6 cm³/mol. The van der Waals surface area contributed by atoms with Crippen LogP contribution in [0, 0.1) is 5.92 Å². The van der Waals surface area contributed by atoms with Gasteiger partial charge in [-0.15, -0.1) is 0 Å². The van der Waals surface area contributed by atoms with Crippen molar-refractivity contribution in [3.63, 3.8) is 0 Å². The van der Waals surface area contributed by atoms with Crippen molar-refractivity contribution in [2.45, 2.75) is 57.3 Å². The zero-order valence-electron chi connectivity index (χ0n) is 13.7. The number of fused-ring (bicyclic) bond motifs is 2. The van der Waals surface area contributed by atoms with Crippen LogP contribution in [-0.4, -0.2) is 48.0 Å². The quantitative estimate of drug-likeness (QED) is 0.902. The van der Waals surface area contributed by atoms with E-state index >= 15 is 0 Å². The summed E-state index contributed by atoms with van der Waals surface area (Å²) in [6.07, 6.45) is 7.12. The maximum absolute atomic E-state index is 5.56. The Morgan fingerprint density at radius 3 is 2.57 bits per heavy atom. The molecule has 0 spiro atoms. The molecule has 2 bridgehead atoms. The number of nitrogens with one attached hydrogen (secondary N) is 1. The van der Waals surface area contributed by atoms with E-state index in [4.69, 9.17) is 4.74 Å². The molecular formula is C16H28N4O. The van der Waals surface area contributed by atoms with Crippen LogP contribution in [0.25, 0.3) is 0 Å². The van der Waals surface area contributed by atoms with Gasteiger partial charge in [-0.25, -0.2) is 0 Å². The Kier molecular flexibility index (Phi) is 4.22. The molecule has 0 aromatic carbocycles. The summed E-state index contributed by atoms with van der Waals surface area (Å²) in [4.78, 5) is 2.59. The van der Waals surface area contributed by atoms with Gasteiger partial charge in [0.15, 0.2) is 5.75 Å². The normalized spacial score (nSPS) is 30.6. The summed E-state index contributed by atoms with van der Waals surface area (Å²) in [6.45, 7) is 3.03. The molecule has 0 radical (unpaired) electrons. The van der Waals surface area contributed by atoms with Gasteiger partial charge in [0.05, 0.1) is 25.0 Å². The molecule has 2 fully saturated rings. The van der Waals surface area contributed by atoms with Gasteiger partial charge in [-0.1, -0.05) is 0 Å². The lowest BCUT2D eigenvalue weighted by molar-refractivity contribution is 0.111. The maximum atomic E-state index is 5.56. The van der Waals surface area contributed by atoms with E-state index in [0.29, 0.717) is 12.0 Å². The fourth-order valence-corrected chi connectivity index (χ4v) is 4.42. The number of aromatic nitrogens is 2. The first kappa shape index (κ1) is 14.9. The Labute approximate surface area is 127 Å². The monoisotopic (exact) mass is 292 g/mol. The molecular weight excluding hydrogens is 264 g/mol. The van der Waals surface area contributed by atoms with Crippen LogP contribution in [0.5, 0.6) is 5.75 Å². The summed E-state index contributed by atoms with van der Waals surface area (Å²) in [6, 6.07) is 1.85. The van der Waals surface area contributed by atoms with Crippen molar-refractivity contribution >= 4 is 0 Å². The first-order valence-corrected chi connectivity index (χ1v) is 8.18. The highest BCUT2D eigenvalue weighted by atomic mass is 16.5. The van der Waals surface area contributed by atoms with E-state index in [1.165, 1.54) is 31.4 Å². The van der Waals surface area contributed by atoms with Crippen molar-refractivity contribution < 1.29 is 4.74 Å². The number of hydrogen-bond acceptors (Lipinski definition) is 4. The summed E-state index contributed by atoms with van der Waals surface area (Å²) in [7, 11) is 6.10. The average Bonchev–Trinajstić information content (AvgIpc) is 2.97. The third-order valence-corrected chi connectivity index (χ3v) is 5.58. The Hall–Kier alpha value is -1.07. The topological polar surface area (TPSA) is 42.3 Å². The molecule has 3 atom stereocenters. The molecule has 2 aliphatic rings. The van der Waals surface area contributed by atoms with Crippen LogP contribution in [0.4, 0.5) is 0 Å². The third kappa shape index (κ3) is 2.46. The summed E-state index contributed by atoms with van der Waals surface area (Å²) >= 11 is 0. The Bertz CT molecular complexity index is 451. The van der Waals surface area contributed by atoms with Crippen LogP contribution in [0.1, 0.15) is 44.3 Å². The van der Waals surface area contributed by atoms with Crippen LogP contribution < -0.4 is 10.1 Å². The SMILES string of the molecule is CCn1ncc(OC)c1C(NC)C1CC2CCC(C1)N2C. The number of nitrogens with zero attached hydrogens (tertiary/aromatic N) is 3. The molecule has 3 heterocycles. The third-order valence-electron chi connectivity index (χ3n) is 5.58. The van der Waals surface area contributed by atoms with E-state index in [0.717, 1.165) is 24.4 Å². The molecule has 2 saturated heterocycles. The summed E-state index contributed by atoms with van der Waals surface area (Å²) < 4.78 is 7.64. The molecule has 118 valence electrons. The summed E-state index contributed by atoms with van der Waals surface area (Å²) in [5.74, 6) is 1.59. The first-order valence-electron chi connectivity index (χ1n) is 8.18. The molecule has 5 heteroatoms. The van der Waals surface area contributed by atoms with Crippen molar-refractivity contribution in [1.82, 2.24) is 20.0 Å². The van der Waals surface area contributed by atoms with E-state index in [9.17, 15) is 0 Å². The van der Waals surface area contributed by atoms with Gasteiger partial charge in [0.1, 0.15) is 0 Å². The Morgan fingerprint density at radius 1 is 1.38 bits per heavy atom. The maximum Gasteiger partial charge on any atom is 0.161 e. The van der Waals surface area contributed by atoms with Gasteiger partial charge < -0.3 is 15.0 Å². The minimum Gasteiger partial charge on any atom is -0.493 e. The van der Waals surface area contributed by atoms with Crippen LogP contribution in [0.2, 0.25) is 0 Å². The molecule has 2 aliphatic heterocycles. The van der Waals surface area contributed by atoms with E-state index in [1.54, 1.807) is 7.11 Å². The molecule has 1 N–H and O–H groups in total. The highest BCUT2D eigenvalue weighted by molar-refractivity contribution is 5.29. The molecule has 1 aromatic rings. The second kappa shape index (κ2) is 5.97. The standard InChI is InChI=1S/C16H28N4O/c1-5-20-16(14(21-4)10-18-20)15(17-2)11-8-12-6-7-13(9-11)19(12)3/h10-13,15,17H,5-9H2,1-4H3. The molecule has 3 unspecified atom stereocenters. The van der Waals surface area contributed by atoms with Gasteiger partial charge in [0, 0.05) is 18.6 Å². The number of rotatable bonds is 5. The molecule has 21 heavy (non-hydrogen) atoms. The fourth-order valence-electron chi connectivity index (χ4n) is 4.42. The second-order valence-electron chi connectivity index (χ2n) is 6.46. The van der Waals surface area contributed by atoms with E-state index in [2.05, 4.69) is 41.0 Å². The van der Waals surface area contributed by atoms with Crippen LogP contribution in [0.15, 0.2) is 6.20 Å². The molecule has 0 saturated carbocycles. The van der Waals surface area contributed by atoms with Gasteiger partial charge in [-0.05, 0) is 52.6 Å². The van der Waals surface area contributed by atoms with Gasteiger partial charge in [-0.3, -0.25) is 4.68 Å². The Balaban J connectivity index is 1.87. The minimum absolute atomic E-state index is 0.333. The van der Waals surface area contributed by atoms with Crippen LogP contribution in [-0.2, 0) is 6.54 Å². The van der Waals surface area contributed by atoms with Gasteiger partial charge >= 0.3 is 0 Å². The van der Waals surface area contributed by atoms with Crippen LogP contribution in [0.3, 0.4) is 0 Å². The lowest BCUT2D eigenvalue weighted by atomic mass is 9.83. The van der Waals surface area contributed by atoms with Gasteiger partial charge in [0.2, 0.25) is 0 Å². The zero-order valence-corrected chi connectivity index (χ0v) is 13.7. The van der Waals surface area contributed by atoms with Crippen molar-refractivity contribution in [3.05, 3.63) is 11.9 Å². The number of ether oxygens (including phenoxy) is 1. The van der Waals surface area contributed by atoms with Crippen LogP contribution >= 0.6 is 0 Å². The first-order chi connectivity index (χ1) is 10.2. The highest BCUT2D eigenvalue weighted by Crippen LogP contribution is 2.43. The van der Waals surface area contributed by atoms with Crippen molar-refractivity contribution in [2.24, 2.45) is 5.92 Å². The predicted octanol–water partition coefficient (Wildman–Crippen LogP) is 2.04. The molecule has 0 amide bonds. The lowest BCUT2D eigenvalue weighted by Crippen LogP contribution is -2.43. The van der Waals surface area contributed by atoms with Gasteiger partial charge in [0.25, 0.3) is 0 Å². The largest absolute Gasteiger partial charge is 0.493 e. The zero-order chi connectivity index (χ0) is 15.0. The molecule has 0 aliphatic carbocycles. The second-order valence-corrected chi connectivity index (χ2v) is 6.46. The van der Waals surface area contributed by atoms with Crippen molar-refractivity contribution in [1.29, 1.82) is 0 Å². The summed E-state index contributed by atoms with van der Waals surface area (Å²) in [5, 5.41) is 8.03. The number of aryl methyl sites for hydroxylation is 1. The average molecular weight is 292 g/mol. The molecule has 1 aromatic heterocycles. The fraction of sp³-hybridized carbons (Fsp3) is 0.812. The van der Waals surface area contributed by atoms with E-state index in [-0.39, 0.29) is 0 Å². The van der Waals surface area contributed by atoms with Gasteiger partial charge in [-0.2, -0.15) is 5.10 Å². The van der Waals surface area contributed by atoms with E-state index in [1.807, 2.05) is 6.20 Å². The highest BCUT2D eigenvalue weighted by Gasteiger charge is 2.42. The summed E-state index contributed by atoms with van der Waals surface area (Å²) in [5.41, 5.74) is 1.22. The van der Waals surface area contributed by atoms with E-state index < -0.39 is 0 Å². The van der Waals surface area contributed by atoms with Crippen molar-refractivity contribution in [3.8, 4) is 5.75 Å². The Morgan fingerprint density at radius 2 is 2.05 bits per heavy atom. The molecule has 5 nitrogen and oxygen atoms in total. The number of piperidine rings is 1. The smallest absolute Gasteiger partial charge is 0.161 e. The number of hydrogen-bond donors (Lipinski definition) is 1.